The van der Waals surface area contributed by atoms with Crippen molar-refractivity contribution in [3.8, 4) is 0 Å². The summed E-state index contributed by atoms with van der Waals surface area (Å²) < 4.78 is 26.3. The van der Waals surface area contributed by atoms with Crippen LogP contribution < -0.4 is 9.62 Å². The van der Waals surface area contributed by atoms with Crippen molar-refractivity contribution in [3.05, 3.63) is 63.6 Å². The molecule has 0 saturated carbocycles. The van der Waals surface area contributed by atoms with Gasteiger partial charge in [0.2, 0.25) is 21.8 Å². The van der Waals surface area contributed by atoms with Crippen LogP contribution in [-0.2, 0) is 26.2 Å². The van der Waals surface area contributed by atoms with Crippen LogP contribution in [0.1, 0.15) is 44.7 Å². The quantitative estimate of drug-likeness (QED) is 0.443. The number of amides is 2. The van der Waals surface area contributed by atoms with Gasteiger partial charge in [-0.1, -0.05) is 55.2 Å². The van der Waals surface area contributed by atoms with Gasteiger partial charge in [-0.3, -0.25) is 13.9 Å². The second-order valence-corrected chi connectivity index (χ2v) is 11.3. The fourth-order valence-corrected chi connectivity index (χ4v) is 4.75. The molecule has 0 unspecified atom stereocenters. The molecule has 7 nitrogen and oxygen atoms in total. The Hall–Kier alpha value is -2.29. The summed E-state index contributed by atoms with van der Waals surface area (Å²) in [5, 5.41) is 3.63. The van der Waals surface area contributed by atoms with Gasteiger partial charge in [-0.15, -0.1) is 0 Å². The molecule has 2 amide bonds. The smallest absolute Gasteiger partial charge is 0.244 e. The number of hydrogen-bond acceptors (Lipinski definition) is 4. The van der Waals surface area contributed by atoms with Gasteiger partial charge in [-0.05, 0) is 62.1 Å². The Morgan fingerprint density at radius 3 is 2.26 bits per heavy atom. The van der Waals surface area contributed by atoms with Crippen LogP contribution in [0.5, 0.6) is 0 Å². The highest BCUT2D eigenvalue weighted by Crippen LogP contribution is 2.25. The van der Waals surface area contributed by atoms with Gasteiger partial charge in [0.1, 0.15) is 12.6 Å². The average molecular weight is 543 g/mol. The van der Waals surface area contributed by atoms with Gasteiger partial charge in [-0.25, -0.2) is 8.42 Å². The molecule has 2 atom stereocenters. The third-order valence-corrected chi connectivity index (χ3v) is 7.57. The number of carbonyl (C=O) groups excluding carboxylic acids is 2. The fourth-order valence-electron chi connectivity index (χ4n) is 3.59. The predicted molar refractivity (Wildman–Crippen MR) is 142 cm³/mol. The minimum atomic E-state index is -3.78. The molecule has 0 fully saturated rings. The van der Waals surface area contributed by atoms with Crippen molar-refractivity contribution in [3.63, 3.8) is 0 Å². The van der Waals surface area contributed by atoms with Crippen molar-refractivity contribution >= 4 is 50.7 Å². The summed E-state index contributed by atoms with van der Waals surface area (Å²) in [6, 6.07) is 11.0. The van der Waals surface area contributed by atoms with Crippen LogP contribution in [0.15, 0.2) is 42.5 Å². The van der Waals surface area contributed by atoms with E-state index in [0.717, 1.165) is 22.5 Å². The maximum atomic E-state index is 13.7. The minimum absolute atomic E-state index is 0.0631. The van der Waals surface area contributed by atoms with Crippen molar-refractivity contribution in [1.82, 2.24) is 10.2 Å². The number of sulfonamides is 1. The Kier molecular flexibility index (Phi) is 10.4. The number of halogens is 2. The first-order chi connectivity index (χ1) is 16.4. The molecule has 0 saturated heterocycles. The number of benzene rings is 2. The van der Waals surface area contributed by atoms with Gasteiger partial charge in [0.15, 0.2) is 0 Å². The molecule has 2 aromatic rings. The van der Waals surface area contributed by atoms with Crippen molar-refractivity contribution in [2.24, 2.45) is 0 Å². The Morgan fingerprint density at radius 2 is 1.71 bits per heavy atom. The van der Waals surface area contributed by atoms with Crippen LogP contribution in [0.25, 0.3) is 0 Å². The Balaban J connectivity index is 2.46. The first-order valence-electron chi connectivity index (χ1n) is 11.5. The third kappa shape index (κ3) is 8.12. The zero-order valence-corrected chi connectivity index (χ0v) is 23.0. The van der Waals surface area contributed by atoms with E-state index < -0.39 is 28.5 Å². The number of nitrogens with one attached hydrogen (secondary N) is 1. The zero-order valence-electron chi connectivity index (χ0n) is 20.7. The van der Waals surface area contributed by atoms with Crippen LogP contribution in [0.4, 0.5) is 5.69 Å². The van der Waals surface area contributed by atoms with Crippen LogP contribution in [0, 0.1) is 6.92 Å². The van der Waals surface area contributed by atoms with Gasteiger partial charge in [0, 0.05) is 12.6 Å². The van der Waals surface area contributed by atoms with Crippen LogP contribution in [0.3, 0.4) is 0 Å². The summed E-state index contributed by atoms with van der Waals surface area (Å²) in [6.45, 7) is 7.11. The molecule has 2 aromatic carbocycles. The normalized spacial score (nSPS) is 13.1. The molecular weight excluding hydrogens is 509 g/mol. The maximum absolute atomic E-state index is 13.7. The lowest BCUT2D eigenvalue weighted by molar-refractivity contribution is -0.140. The standard InChI is InChI=1S/C25H33Cl2N3O4S/c1-6-18(4)28-25(32)23(7-2)29(15-19-11-12-21(26)22(27)14-19)24(31)16-30(35(5,33)34)20-10-8-9-17(3)13-20/h8-14,18,23H,6-7,15-16H2,1-5H3,(H,28,32)/t18-,23-/m1/s1. The molecule has 192 valence electrons. The van der Waals surface area contributed by atoms with E-state index in [2.05, 4.69) is 5.32 Å². The Morgan fingerprint density at radius 1 is 1.03 bits per heavy atom. The van der Waals surface area contributed by atoms with Gasteiger partial charge in [0.25, 0.3) is 0 Å². The average Bonchev–Trinajstić information content (AvgIpc) is 2.78. The van der Waals surface area contributed by atoms with Crippen molar-refractivity contribution < 1.29 is 18.0 Å². The van der Waals surface area contributed by atoms with E-state index in [1.54, 1.807) is 36.4 Å². The van der Waals surface area contributed by atoms with E-state index in [4.69, 9.17) is 23.2 Å². The van der Waals surface area contributed by atoms with Crippen molar-refractivity contribution in [1.29, 1.82) is 0 Å². The summed E-state index contributed by atoms with van der Waals surface area (Å²) in [5.74, 6) is -0.800. The summed E-state index contributed by atoms with van der Waals surface area (Å²) in [5.41, 5.74) is 1.91. The van der Waals surface area contributed by atoms with Gasteiger partial charge in [-0.2, -0.15) is 0 Å². The Labute approximate surface area is 218 Å². The van der Waals surface area contributed by atoms with Crippen LogP contribution in [0.2, 0.25) is 10.0 Å². The van der Waals surface area contributed by atoms with E-state index in [-0.39, 0.29) is 18.5 Å². The molecule has 2 rings (SSSR count). The summed E-state index contributed by atoms with van der Waals surface area (Å²) >= 11 is 12.2. The van der Waals surface area contributed by atoms with Crippen molar-refractivity contribution in [2.45, 2.75) is 59.2 Å². The second kappa shape index (κ2) is 12.6. The van der Waals surface area contributed by atoms with Gasteiger partial charge < -0.3 is 10.2 Å². The molecule has 0 aliphatic carbocycles. The van der Waals surface area contributed by atoms with Crippen LogP contribution >= 0.6 is 23.2 Å². The minimum Gasteiger partial charge on any atom is -0.352 e. The molecule has 35 heavy (non-hydrogen) atoms. The molecule has 0 aliphatic heterocycles. The van der Waals surface area contributed by atoms with E-state index in [1.165, 1.54) is 4.90 Å². The number of nitrogens with zero attached hydrogens (tertiary/aromatic N) is 2. The lowest BCUT2D eigenvalue weighted by Gasteiger charge is -2.33. The SMILES string of the molecule is CC[C@@H](C)NC(=O)[C@@H](CC)N(Cc1ccc(Cl)c(Cl)c1)C(=O)CN(c1cccc(C)c1)S(C)(=O)=O. The molecule has 0 radical (unpaired) electrons. The van der Waals surface area contributed by atoms with Gasteiger partial charge >= 0.3 is 0 Å². The lowest BCUT2D eigenvalue weighted by Crippen LogP contribution is -2.53. The van der Waals surface area contributed by atoms with E-state index in [1.807, 2.05) is 33.8 Å². The van der Waals surface area contributed by atoms with E-state index in [9.17, 15) is 18.0 Å². The van der Waals surface area contributed by atoms with E-state index in [0.29, 0.717) is 27.7 Å². The molecule has 10 heteroatoms. The number of hydrogen-bond donors (Lipinski definition) is 1. The number of anilines is 1. The fraction of sp³-hybridized carbons (Fsp3) is 0.440. The molecule has 0 bridgehead atoms. The number of rotatable bonds is 11. The van der Waals surface area contributed by atoms with Crippen LogP contribution in [-0.4, -0.2) is 50.0 Å². The monoisotopic (exact) mass is 541 g/mol. The zero-order chi connectivity index (χ0) is 26.3. The first-order valence-corrected chi connectivity index (χ1v) is 14.1. The molecular formula is C25H33Cl2N3O4S. The topological polar surface area (TPSA) is 86.8 Å². The molecule has 0 spiro atoms. The predicted octanol–water partition coefficient (Wildman–Crippen LogP) is 4.79. The highest BCUT2D eigenvalue weighted by Gasteiger charge is 2.32. The summed E-state index contributed by atoms with van der Waals surface area (Å²) in [4.78, 5) is 28.2. The second-order valence-electron chi connectivity index (χ2n) is 8.62. The highest BCUT2D eigenvalue weighted by molar-refractivity contribution is 7.92. The Bertz CT molecular complexity index is 1160. The molecule has 0 heterocycles. The molecule has 0 aliphatic rings. The van der Waals surface area contributed by atoms with E-state index >= 15 is 0 Å². The lowest BCUT2D eigenvalue weighted by atomic mass is 10.1. The molecule has 0 aromatic heterocycles. The van der Waals surface area contributed by atoms with Crippen molar-refractivity contribution in [2.75, 3.05) is 17.1 Å². The molecule has 1 N–H and O–H groups in total. The number of aryl methyl sites for hydroxylation is 1. The van der Waals surface area contributed by atoms with Gasteiger partial charge in [0.05, 0.1) is 22.0 Å². The third-order valence-electron chi connectivity index (χ3n) is 5.69. The highest BCUT2D eigenvalue weighted by atomic mass is 35.5. The summed E-state index contributed by atoms with van der Waals surface area (Å²) in [6.07, 6.45) is 2.13. The summed E-state index contributed by atoms with van der Waals surface area (Å²) in [7, 11) is -3.78. The first kappa shape index (κ1) is 28.9. The number of carbonyl (C=O) groups is 2. The maximum Gasteiger partial charge on any atom is 0.244 e. The largest absolute Gasteiger partial charge is 0.352 e.